The molecule has 0 unspecified atom stereocenters. The number of hydrogen-bond acceptors (Lipinski definition) is 5. The predicted octanol–water partition coefficient (Wildman–Crippen LogP) is 0.357. The number of carboxylic acids is 1. The number of amides is 2. The zero-order chi connectivity index (χ0) is 20.4. The van der Waals surface area contributed by atoms with E-state index in [1.807, 2.05) is 40.1 Å². The van der Waals surface area contributed by atoms with E-state index in [2.05, 4.69) is 5.32 Å². The van der Waals surface area contributed by atoms with Gasteiger partial charge in [0.15, 0.2) is 0 Å². The minimum Gasteiger partial charge on any atom is -0.483 e. The van der Waals surface area contributed by atoms with E-state index in [1.54, 1.807) is 0 Å². The van der Waals surface area contributed by atoms with Crippen LogP contribution in [0.1, 0.15) is 5.56 Å². The monoisotopic (exact) mass is 393 g/mol. The SMILES string of the molecule is O=C(O)CN1C[C@H]2COC[C@@H]1CN(C(=O)NCCc1ccccc1)C2.O=CO. The summed E-state index contributed by atoms with van der Waals surface area (Å²) in [5.74, 6) is -0.696. The summed E-state index contributed by atoms with van der Waals surface area (Å²) in [5, 5.41) is 19.0. The van der Waals surface area contributed by atoms with Crippen molar-refractivity contribution in [2.24, 2.45) is 5.92 Å². The zero-order valence-electron chi connectivity index (χ0n) is 15.7. The molecule has 2 heterocycles. The van der Waals surface area contributed by atoms with Crippen molar-refractivity contribution in [3.8, 4) is 0 Å². The van der Waals surface area contributed by atoms with Gasteiger partial charge in [0.05, 0.1) is 25.8 Å². The van der Waals surface area contributed by atoms with E-state index in [9.17, 15) is 9.59 Å². The van der Waals surface area contributed by atoms with Gasteiger partial charge in [-0.3, -0.25) is 14.5 Å². The molecule has 2 aliphatic rings. The van der Waals surface area contributed by atoms with Crippen LogP contribution in [-0.2, 0) is 20.7 Å². The van der Waals surface area contributed by atoms with Gasteiger partial charge in [-0.2, -0.15) is 0 Å². The molecule has 0 aliphatic carbocycles. The molecule has 1 aromatic rings. The first-order valence-corrected chi connectivity index (χ1v) is 9.21. The van der Waals surface area contributed by atoms with Gasteiger partial charge in [0.2, 0.25) is 0 Å². The minimum absolute atomic E-state index is 0.00596. The number of carboxylic acid groups (broad SMARTS) is 2. The second-order valence-electron chi connectivity index (χ2n) is 6.86. The highest BCUT2D eigenvalue weighted by molar-refractivity contribution is 5.74. The Kier molecular flexibility index (Phi) is 8.70. The number of aliphatic carboxylic acids is 1. The van der Waals surface area contributed by atoms with Gasteiger partial charge < -0.3 is 25.2 Å². The second-order valence-corrected chi connectivity index (χ2v) is 6.86. The second kappa shape index (κ2) is 11.3. The molecule has 2 aliphatic heterocycles. The average molecular weight is 393 g/mol. The third kappa shape index (κ3) is 6.82. The summed E-state index contributed by atoms with van der Waals surface area (Å²) in [6.45, 7) is 3.13. The highest BCUT2D eigenvalue weighted by Crippen LogP contribution is 2.19. The van der Waals surface area contributed by atoms with E-state index in [0.29, 0.717) is 39.4 Å². The number of nitrogens with zero attached hydrogens (tertiary/aromatic N) is 2. The van der Waals surface area contributed by atoms with Crippen molar-refractivity contribution in [2.45, 2.75) is 12.5 Å². The molecular weight excluding hydrogens is 366 g/mol. The van der Waals surface area contributed by atoms with E-state index in [0.717, 1.165) is 6.42 Å². The van der Waals surface area contributed by atoms with Crippen LogP contribution in [0, 0.1) is 5.92 Å². The van der Waals surface area contributed by atoms with Crippen molar-refractivity contribution in [1.29, 1.82) is 0 Å². The van der Waals surface area contributed by atoms with Crippen molar-refractivity contribution >= 4 is 18.5 Å². The smallest absolute Gasteiger partial charge is 0.317 e. The first-order valence-electron chi connectivity index (χ1n) is 9.21. The quantitative estimate of drug-likeness (QED) is 0.618. The number of carbonyl (C=O) groups is 3. The maximum atomic E-state index is 12.5. The normalized spacial score (nSPS) is 21.6. The number of benzene rings is 1. The molecule has 0 radical (unpaired) electrons. The van der Waals surface area contributed by atoms with Gasteiger partial charge in [-0.25, -0.2) is 4.79 Å². The maximum absolute atomic E-state index is 12.5. The lowest BCUT2D eigenvalue weighted by atomic mass is 10.1. The third-order valence-electron chi connectivity index (χ3n) is 4.74. The molecule has 3 rings (SSSR count). The van der Waals surface area contributed by atoms with Gasteiger partial charge >= 0.3 is 12.0 Å². The summed E-state index contributed by atoms with van der Waals surface area (Å²) in [7, 11) is 0. The van der Waals surface area contributed by atoms with Gasteiger partial charge in [0.1, 0.15) is 0 Å². The Labute approximate surface area is 163 Å². The molecule has 3 N–H and O–H groups in total. The van der Waals surface area contributed by atoms with Crippen molar-refractivity contribution in [2.75, 3.05) is 45.9 Å². The van der Waals surface area contributed by atoms with E-state index < -0.39 is 5.97 Å². The van der Waals surface area contributed by atoms with E-state index in [-0.39, 0.29) is 31.0 Å². The first-order chi connectivity index (χ1) is 13.5. The van der Waals surface area contributed by atoms with Gasteiger partial charge in [0.25, 0.3) is 6.47 Å². The highest BCUT2D eigenvalue weighted by atomic mass is 16.5. The van der Waals surface area contributed by atoms with Crippen LogP contribution >= 0.6 is 0 Å². The molecule has 28 heavy (non-hydrogen) atoms. The molecule has 2 atom stereocenters. The fraction of sp³-hybridized carbons (Fsp3) is 0.526. The van der Waals surface area contributed by atoms with Crippen molar-refractivity contribution in [1.82, 2.24) is 15.1 Å². The van der Waals surface area contributed by atoms with Crippen LogP contribution in [0.4, 0.5) is 4.79 Å². The number of rotatable bonds is 5. The topological polar surface area (TPSA) is 119 Å². The molecule has 2 saturated heterocycles. The molecule has 0 aromatic heterocycles. The summed E-state index contributed by atoms with van der Waals surface area (Å²) in [6, 6.07) is 9.90. The lowest BCUT2D eigenvalue weighted by Crippen LogP contribution is -2.49. The van der Waals surface area contributed by atoms with Gasteiger partial charge in [-0.1, -0.05) is 30.3 Å². The van der Waals surface area contributed by atoms with Crippen LogP contribution in [0.3, 0.4) is 0 Å². The van der Waals surface area contributed by atoms with Crippen LogP contribution < -0.4 is 5.32 Å². The standard InChI is InChI=1S/C18H25N3O4.CH2O2/c22-17(23)11-20-8-15-9-21(10-16(20)13-25-12-15)18(24)19-7-6-14-4-2-1-3-5-14;2-1-3/h1-5,15-16H,6-13H2,(H,19,24)(H,22,23);1H,(H,2,3)/t15-,16+;/m1./s1. The minimum atomic E-state index is -0.841. The number of nitrogens with one attached hydrogen (secondary N) is 1. The third-order valence-corrected chi connectivity index (χ3v) is 4.74. The number of ether oxygens (including phenoxy) is 1. The van der Waals surface area contributed by atoms with Crippen molar-refractivity contribution < 1.29 is 29.3 Å². The Bertz CT molecular complexity index is 642. The average Bonchev–Trinajstić information content (AvgIpc) is 2.92. The lowest BCUT2D eigenvalue weighted by molar-refractivity contribution is -0.139. The zero-order valence-corrected chi connectivity index (χ0v) is 15.7. The van der Waals surface area contributed by atoms with Gasteiger partial charge in [-0.15, -0.1) is 0 Å². The molecule has 1 aromatic carbocycles. The van der Waals surface area contributed by atoms with E-state index in [4.69, 9.17) is 19.7 Å². The van der Waals surface area contributed by atoms with Crippen LogP contribution in [0.2, 0.25) is 0 Å². The number of carbonyl (C=O) groups excluding carboxylic acids is 1. The fourth-order valence-corrected chi connectivity index (χ4v) is 3.53. The molecule has 0 saturated carbocycles. The molecule has 0 spiro atoms. The van der Waals surface area contributed by atoms with Crippen LogP contribution in [0.25, 0.3) is 0 Å². The van der Waals surface area contributed by atoms with Crippen LogP contribution in [-0.4, -0.2) is 90.5 Å². The van der Waals surface area contributed by atoms with Crippen molar-refractivity contribution in [3.63, 3.8) is 0 Å². The Hall–Kier alpha value is -2.65. The molecule has 2 bridgehead atoms. The molecular formula is C19H27N3O6. The van der Waals surface area contributed by atoms with Crippen LogP contribution in [0.5, 0.6) is 0 Å². The highest BCUT2D eigenvalue weighted by Gasteiger charge is 2.35. The fourth-order valence-electron chi connectivity index (χ4n) is 3.53. The molecule has 9 heteroatoms. The maximum Gasteiger partial charge on any atom is 0.317 e. The number of fused-ring (bicyclic) bond motifs is 3. The van der Waals surface area contributed by atoms with Crippen molar-refractivity contribution in [3.05, 3.63) is 35.9 Å². The Morgan fingerprint density at radius 1 is 1.18 bits per heavy atom. The molecule has 2 fully saturated rings. The van der Waals surface area contributed by atoms with E-state index in [1.165, 1.54) is 5.56 Å². The summed E-state index contributed by atoms with van der Waals surface area (Å²) < 4.78 is 5.65. The molecule has 154 valence electrons. The summed E-state index contributed by atoms with van der Waals surface area (Å²) in [5.41, 5.74) is 1.19. The Balaban J connectivity index is 0.000000878. The molecule has 9 nitrogen and oxygen atoms in total. The Morgan fingerprint density at radius 3 is 2.57 bits per heavy atom. The number of hydrogen-bond donors (Lipinski definition) is 3. The Morgan fingerprint density at radius 2 is 1.89 bits per heavy atom. The molecule has 2 amide bonds. The number of urea groups is 1. The van der Waals surface area contributed by atoms with Crippen LogP contribution in [0.15, 0.2) is 30.3 Å². The lowest BCUT2D eigenvalue weighted by Gasteiger charge is -2.30. The summed E-state index contributed by atoms with van der Waals surface area (Å²) >= 11 is 0. The summed E-state index contributed by atoms with van der Waals surface area (Å²) in [6.07, 6.45) is 0.793. The van der Waals surface area contributed by atoms with Gasteiger partial charge in [0, 0.05) is 32.1 Å². The predicted molar refractivity (Wildman–Crippen MR) is 101 cm³/mol. The van der Waals surface area contributed by atoms with Gasteiger partial charge in [-0.05, 0) is 12.0 Å². The van der Waals surface area contributed by atoms with E-state index >= 15 is 0 Å². The summed E-state index contributed by atoms with van der Waals surface area (Å²) in [4.78, 5) is 35.7. The largest absolute Gasteiger partial charge is 0.483 e. The first kappa shape index (κ1) is 21.6.